The maximum atomic E-state index is 5.55. The van der Waals surface area contributed by atoms with Gasteiger partial charge in [-0.2, -0.15) is 0 Å². The highest BCUT2D eigenvalue weighted by Crippen LogP contribution is 2.33. The maximum Gasteiger partial charge on any atom is 0.231 e. The zero-order valence-electron chi connectivity index (χ0n) is 15.3. The minimum atomic E-state index is 0. The van der Waals surface area contributed by atoms with E-state index in [-0.39, 0.29) is 12.4 Å². The smallest absolute Gasteiger partial charge is 0.231 e. The van der Waals surface area contributed by atoms with E-state index in [2.05, 4.69) is 42.6 Å². The Morgan fingerprint density at radius 1 is 1.19 bits per heavy atom. The molecule has 4 nitrogen and oxygen atoms in total. The van der Waals surface area contributed by atoms with Crippen LogP contribution in [-0.4, -0.2) is 26.0 Å². The van der Waals surface area contributed by atoms with E-state index in [0.29, 0.717) is 18.9 Å². The first-order valence-electron chi connectivity index (χ1n) is 9.02. The molecule has 0 fully saturated rings. The third-order valence-electron chi connectivity index (χ3n) is 5.16. The lowest BCUT2D eigenvalue weighted by atomic mass is 9.87. The van der Waals surface area contributed by atoms with Gasteiger partial charge in [0.15, 0.2) is 11.5 Å². The molecule has 0 saturated heterocycles. The lowest BCUT2D eigenvalue weighted by Gasteiger charge is -2.29. The standard InChI is InChI=1S/C21H25NO3.ClH/c1-14(10-15-6-9-20-21(11-15)25-13-24-20)22-17-8-7-16-4-3-5-19(23-2)18(16)12-17;/h3-6,9,11,14,17,22H,7-8,10,12-13H2,1-2H3;1H. The molecule has 1 aliphatic heterocycles. The monoisotopic (exact) mass is 375 g/mol. The van der Waals surface area contributed by atoms with Crippen LogP contribution < -0.4 is 19.5 Å². The van der Waals surface area contributed by atoms with Crippen LogP contribution in [0.5, 0.6) is 17.2 Å². The summed E-state index contributed by atoms with van der Waals surface area (Å²) in [4.78, 5) is 0. The van der Waals surface area contributed by atoms with Crippen molar-refractivity contribution in [2.24, 2.45) is 0 Å². The Morgan fingerprint density at radius 3 is 2.88 bits per heavy atom. The van der Waals surface area contributed by atoms with Crippen LogP contribution >= 0.6 is 12.4 Å². The number of hydrogen-bond acceptors (Lipinski definition) is 4. The van der Waals surface area contributed by atoms with Gasteiger partial charge in [-0.25, -0.2) is 0 Å². The number of ether oxygens (including phenoxy) is 3. The van der Waals surface area contributed by atoms with Crippen LogP contribution in [-0.2, 0) is 19.3 Å². The molecule has 0 bridgehead atoms. The first-order valence-corrected chi connectivity index (χ1v) is 9.02. The second kappa shape index (κ2) is 8.19. The molecule has 1 heterocycles. The van der Waals surface area contributed by atoms with Gasteiger partial charge in [-0.3, -0.25) is 0 Å². The number of fused-ring (bicyclic) bond motifs is 2. The van der Waals surface area contributed by atoms with Gasteiger partial charge >= 0.3 is 0 Å². The van der Waals surface area contributed by atoms with Gasteiger partial charge in [0.25, 0.3) is 0 Å². The Balaban J connectivity index is 0.00000196. The van der Waals surface area contributed by atoms with Gasteiger partial charge in [0.05, 0.1) is 7.11 Å². The lowest BCUT2D eigenvalue weighted by Crippen LogP contribution is -2.41. The van der Waals surface area contributed by atoms with Gasteiger partial charge in [0, 0.05) is 12.1 Å². The van der Waals surface area contributed by atoms with Crippen LogP contribution in [0, 0.1) is 0 Å². The van der Waals surface area contributed by atoms with Crippen molar-refractivity contribution in [1.29, 1.82) is 0 Å². The van der Waals surface area contributed by atoms with Gasteiger partial charge in [0.1, 0.15) is 5.75 Å². The molecule has 2 aromatic rings. The second-order valence-corrected chi connectivity index (χ2v) is 7.00. The predicted molar refractivity (Wildman–Crippen MR) is 105 cm³/mol. The van der Waals surface area contributed by atoms with Gasteiger partial charge in [-0.1, -0.05) is 18.2 Å². The van der Waals surface area contributed by atoms with Crippen molar-refractivity contribution >= 4 is 12.4 Å². The Morgan fingerprint density at radius 2 is 2.04 bits per heavy atom. The molecule has 140 valence electrons. The molecule has 26 heavy (non-hydrogen) atoms. The fourth-order valence-electron chi connectivity index (χ4n) is 3.97. The fourth-order valence-corrected chi connectivity index (χ4v) is 3.97. The van der Waals surface area contributed by atoms with Crippen molar-refractivity contribution in [1.82, 2.24) is 5.32 Å². The summed E-state index contributed by atoms with van der Waals surface area (Å²) in [5.74, 6) is 2.73. The molecule has 2 atom stereocenters. The summed E-state index contributed by atoms with van der Waals surface area (Å²) in [6.45, 7) is 2.58. The van der Waals surface area contributed by atoms with E-state index in [0.717, 1.165) is 36.5 Å². The van der Waals surface area contributed by atoms with Crippen LogP contribution in [0.25, 0.3) is 0 Å². The van der Waals surface area contributed by atoms with Gasteiger partial charge < -0.3 is 19.5 Å². The van der Waals surface area contributed by atoms with Crippen molar-refractivity contribution in [3.05, 3.63) is 53.1 Å². The number of halogens is 1. The fraction of sp³-hybridized carbons (Fsp3) is 0.429. The van der Waals surface area contributed by atoms with Gasteiger partial charge in [-0.15, -0.1) is 12.4 Å². The molecular formula is C21H26ClNO3. The summed E-state index contributed by atoms with van der Waals surface area (Å²) in [5.41, 5.74) is 4.07. The summed E-state index contributed by atoms with van der Waals surface area (Å²) in [6, 6.07) is 13.5. The van der Waals surface area contributed by atoms with Crippen LogP contribution in [0.2, 0.25) is 0 Å². The van der Waals surface area contributed by atoms with E-state index in [1.807, 2.05) is 6.07 Å². The highest BCUT2D eigenvalue weighted by Gasteiger charge is 2.23. The topological polar surface area (TPSA) is 39.7 Å². The normalized spacial score (nSPS) is 18.6. The molecular weight excluding hydrogens is 350 g/mol. The number of hydrogen-bond donors (Lipinski definition) is 1. The van der Waals surface area contributed by atoms with E-state index >= 15 is 0 Å². The summed E-state index contributed by atoms with van der Waals surface area (Å²) in [5, 5.41) is 3.80. The summed E-state index contributed by atoms with van der Waals surface area (Å²) >= 11 is 0. The number of methoxy groups -OCH3 is 1. The zero-order valence-corrected chi connectivity index (χ0v) is 16.1. The predicted octanol–water partition coefficient (Wildman–Crippen LogP) is 3.92. The Kier molecular flexibility index (Phi) is 5.94. The maximum absolute atomic E-state index is 5.55. The average Bonchev–Trinajstić information content (AvgIpc) is 3.08. The average molecular weight is 376 g/mol. The van der Waals surface area contributed by atoms with Gasteiger partial charge in [-0.05, 0) is 67.5 Å². The van der Waals surface area contributed by atoms with Gasteiger partial charge in [0.2, 0.25) is 6.79 Å². The molecule has 0 amide bonds. The van der Waals surface area contributed by atoms with E-state index in [4.69, 9.17) is 14.2 Å². The van der Waals surface area contributed by atoms with Crippen LogP contribution in [0.3, 0.4) is 0 Å². The molecule has 2 aliphatic rings. The third-order valence-corrected chi connectivity index (χ3v) is 5.16. The largest absolute Gasteiger partial charge is 0.496 e. The Bertz CT molecular complexity index is 751. The summed E-state index contributed by atoms with van der Waals surface area (Å²) in [6.07, 6.45) is 4.29. The first kappa shape index (κ1) is 18.9. The third kappa shape index (κ3) is 3.92. The molecule has 1 N–H and O–H groups in total. The number of benzene rings is 2. The number of aryl methyl sites for hydroxylation is 1. The van der Waals surface area contributed by atoms with Crippen LogP contribution in [0.15, 0.2) is 36.4 Å². The first-order chi connectivity index (χ1) is 12.2. The second-order valence-electron chi connectivity index (χ2n) is 7.00. The van der Waals surface area contributed by atoms with Crippen molar-refractivity contribution in [3.63, 3.8) is 0 Å². The van der Waals surface area contributed by atoms with Crippen molar-refractivity contribution < 1.29 is 14.2 Å². The Labute approximate surface area is 161 Å². The molecule has 0 spiro atoms. The van der Waals surface area contributed by atoms with E-state index in [9.17, 15) is 0 Å². The highest BCUT2D eigenvalue weighted by molar-refractivity contribution is 5.85. The minimum absolute atomic E-state index is 0. The van der Waals surface area contributed by atoms with E-state index < -0.39 is 0 Å². The molecule has 5 heteroatoms. The van der Waals surface area contributed by atoms with Crippen LogP contribution in [0.1, 0.15) is 30.0 Å². The summed E-state index contributed by atoms with van der Waals surface area (Å²) < 4.78 is 16.4. The Hall–Kier alpha value is -1.91. The van der Waals surface area contributed by atoms with E-state index in [1.165, 1.54) is 23.1 Å². The highest BCUT2D eigenvalue weighted by atomic mass is 35.5. The van der Waals surface area contributed by atoms with Crippen LogP contribution in [0.4, 0.5) is 0 Å². The molecule has 4 rings (SSSR count). The lowest BCUT2D eigenvalue weighted by molar-refractivity contribution is 0.174. The molecule has 2 unspecified atom stereocenters. The molecule has 2 aromatic carbocycles. The number of nitrogens with one attached hydrogen (secondary N) is 1. The summed E-state index contributed by atoms with van der Waals surface area (Å²) in [7, 11) is 1.76. The zero-order chi connectivity index (χ0) is 17.2. The van der Waals surface area contributed by atoms with Crippen molar-refractivity contribution in [3.8, 4) is 17.2 Å². The molecule has 0 saturated carbocycles. The van der Waals surface area contributed by atoms with Crippen molar-refractivity contribution in [2.45, 2.75) is 44.7 Å². The minimum Gasteiger partial charge on any atom is -0.496 e. The molecule has 1 aliphatic carbocycles. The van der Waals surface area contributed by atoms with Crippen molar-refractivity contribution in [2.75, 3.05) is 13.9 Å². The molecule has 0 radical (unpaired) electrons. The SMILES string of the molecule is COc1cccc2c1CC(NC(C)Cc1ccc3c(c1)OCO3)CC2.Cl. The number of rotatable bonds is 5. The van der Waals surface area contributed by atoms with E-state index in [1.54, 1.807) is 7.11 Å². The molecule has 0 aromatic heterocycles. The quantitative estimate of drug-likeness (QED) is 0.859.